The van der Waals surface area contributed by atoms with Crippen molar-refractivity contribution in [1.82, 2.24) is 10.6 Å². The Morgan fingerprint density at radius 2 is 2.17 bits per heavy atom. The van der Waals surface area contributed by atoms with Gasteiger partial charge < -0.3 is 10.6 Å². The maximum atomic E-state index is 13.5. The molecule has 0 aromatic heterocycles. The number of amides is 1. The second kappa shape index (κ2) is 6.29. The van der Waals surface area contributed by atoms with Gasteiger partial charge in [0.25, 0.3) is 5.91 Å². The van der Waals surface area contributed by atoms with Crippen LogP contribution in [0.4, 0.5) is 4.39 Å². The van der Waals surface area contributed by atoms with Gasteiger partial charge in [0.1, 0.15) is 5.82 Å². The van der Waals surface area contributed by atoms with Gasteiger partial charge in [0.2, 0.25) is 0 Å². The van der Waals surface area contributed by atoms with E-state index in [-0.39, 0.29) is 11.5 Å². The molecule has 0 unspecified atom stereocenters. The molecule has 2 N–H and O–H groups in total. The van der Waals surface area contributed by atoms with Crippen LogP contribution >= 0.6 is 15.9 Å². The van der Waals surface area contributed by atoms with E-state index >= 15 is 0 Å². The topological polar surface area (TPSA) is 41.1 Å². The molecule has 1 aromatic carbocycles. The minimum absolute atomic E-state index is 0.0765. The van der Waals surface area contributed by atoms with Gasteiger partial charge in [-0.05, 0) is 53.9 Å². The summed E-state index contributed by atoms with van der Waals surface area (Å²) in [6.45, 7) is 1.45. The van der Waals surface area contributed by atoms with Crippen molar-refractivity contribution < 1.29 is 9.18 Å². The third-order valence-electron chi connectivity index (χ3n) is 2.84. The Labute approximate surface area is 114 Å². The van der Waals surface area contributed by atoms with Crippen LogP contribution in [0.5, 0.6) is 0 Å². The average Bonchev–Trinajstić information content (AvgIpc) is 3.12. The molecular weight excluding hydrogens is 299 g/mol. The fraction of sp³-hybridized carbons (Fsp3) is 0.462. The number of carbonyl (C=O) groups is 1. The maximum absolute atomic E-state index is 13.5. The predicted molar refractivity (Wildman–Crippen MR) is 72.1 cm³/mol. The van der Waals surface area contributed by atoms with Gasteiger partial charge in [-0.25, -0.2) is 4.39 Å². The van der Waals surface area contributed by atoms with Crippen molar-refractivity contribution in [1.29, 1.82) is 0 Å². The van der Waals surface area contributed by atoms with E-state index < -0.39 is 5.82 Å². The van der Waals surface area contributed by atoms with Crippen molar-refractivity contribution >= 4 is 21.8 Å². The third-order valence-corrected chi connectivity index (χ3v) is 3.50. The lowest BCUT2D eigenvalue weighted by Gasteiger charge is -2.08. The van der Waals surface area contributed by atoms with Crippen molar-refractivity contribution in [2.24, 2.45) is 0 Å². The summed E-state index contributed by atoms with van der Waals surface area (Å²) in [5.74, 6) is -0.871. The highest BCUT2D eigenvalue weighted by molar-refractivity contribution is 9.10. The molecule has 1 aliphatic carbocycles. The molecule has 0 radical (unpaired) electrons. The normalized spacial score (nSPS) is 14.6. The summed E-state index contributed by atoms with van der Waals surface area (Å²) in [5.41, 5.74) is 0.0765. The lowest BCUT2D eigenvalue weighted by molar-refractivity contribution is 0.0948. The highest BCUT2D eigenvalue weighted by atomic mass is 79.9. The van der Waals surface area contributed by atoms with Gasteiger partial charge in [-0.1, -0.05) is 6.07 Å². The van der Waals surface area contributed by atoms with Crippen molar-refractivity contribution in [2.45, 2.75) is 25.3 Å². The Morgan fingerprint density at radius 1 is 1.39 bits per heavy atom. The number of halogens is 2. The van der Waals surface area contributed by atoms with Crippen LogP contribution in [0, 0.1) is 5.82 Å². The minimum Gasteiger partial charge on any atom is -0.352 e. The number of hydrogen-bond acceptors (Lipinski definition) is 2. The Balaban J connectivity index is 1.76. The van der Waals surface area contributed by atoms with Gasteiger partial charge in [-0.2, -0.15) is 0 Å². The average molecular weight is 315 g/mol. The van der Waals surface area contributed by atoms with E-state index in [0.29, 0.717) is 17.1 Å². The zero-order valence-corrected chi connectivity index (χ0v) is 11.6. The molecule has 0 saturated heterocycles. The molecule has 3 nitrogen and oxygen atoms in total. The Bertz CT molecular complexity index is 415. The third kappa shape index (κ3) is 3.78. The van der Waals surface area contributed by atoms with Crippen LogP contribution in [0.3, 0.4) is 0 Å². The van der Waals surface area contributed by atoms with E-state index in [4.69, 9.17) is 0 Å². The number of nitrogens with one attached hydrogen (secondary N) is 2. The standard InChI is InChI=1S/C13H16BrFN2O/c14-10-3-1-4-11(15)12(10)13(18)17-8-2-7-16-9-5-6-9/h1,3-4,9,16H,2,5-8H2,(H,17,18). The molecule has 0 heterocycles. The monoisotopic (exact) mass is 314 g/mol. The molecule has 0 bridgehead atoms. The number of hydrogen-bond donors (Lipinski definition) is 2. The summed E-state index contributed by atoms with van der Waals surface area (Å²) < 4.78 is 14.0. The van der Waals surface area contributed by atoms with E-state index in [1.165, 1.54) is 18.9 Å². The molecule has 1 aromatic rings. The molecule has 1 amide bonds. The number of benzene rings is 1. The zero-order chi connectivity index (χ0) is 13.0. The van der Waals surface area contributed by atoms with Crippen LogP contribution in [0.25, 0.3) is 0 Å². The highest BCUT2D eigenvalue weighted by Crippen LogP contribution is 2.19. The predicted octanol–water partition coefficient (Wildman–Crippen LogP) is 2.46. The summed E-state index contributed by atoms with van der Waals surface area (Å²) >= 11 is 3.18. The second-order valence-corrected chi connectivity index (χ2v) is 5.29. The molecule has 98 valence electrons. The molecule has 18 heavy (non-hydrogen) atoms. The van der Waals surface area contributed by atoms with Crippen molar-refractivity contribution in [2.75, 3.05) is 13.1 Å². The van der Waals surface area contributed by atoms with Crippen molar-refractivity contribution in [3.8, 4) is 0 Å². The van der Waals surface area contributed by atoms with Crippen molar-refractivity contribution in [3.63, 3.8) is 0 Å². The first kappa shape index (κ1) is 13.5. The minimum atomic E-state index is -0.502. The SMILES string of the molecule is O=C(NCCCNC1CC1)c1c(F)cccc1Br. The molecule has 2 rings (SSSR count). The van der Waals surface area contributed by atoms with Gasteiger partial charge >= 0.3 is 0 Å². The van der Waals surface area contributed by atoms with Gasteiger partial charge in [0.15, 0.2) is 0 Å². The van der Waals surface area contributed by atoms with Gasteiger partial charge in [0, 0.05) is 17.1 Å². The highest BCUT2D eigenvalue weighted by Gasteiger charge is 2.19. The molecule has 1 saturated carbocycles. The molecule has 0 spiro atoms. The maximum Gasteiger partial charge on any atom is 0.255 e. The summed E-state index contributed by atoms with van der Waals surface area (Å²) in [6, 6.07) is 5.19. The van der Waals surface area contributed by atoms with E-state index in [1.54, 1.807) is 12.1 Å². The Hall–Kier alpha value is -0.940. The van der Waals surface area contributed by atoms with E-state index in [2.05, 4.69) is 26.6 Å². The summed E-state index contributed by atoms with van der Waals surface area (Å²) in [4.78, 5) is 11.8. The Morgan fingerprint density at radius 3 is 2.83 bits per heavy atom. The van der Waals surface area contributed by atoms with Crippen LogP contribution in [-0.4, -0.2) is 25.0 Å². The quantitative estimate of drug-likeness (QED) is 0.792. The lowest BCUT2D eigenvalue weighted by Crippen LogP contribution is -2.28. The van der Waals surface area contributed by atoms with Gasteiger partial charge in [-0.15, -0.1) is 0 Å². The van der Waals surface area contributed by atoms with Gasteiger partial charge in [0.05, 0.1) is 5.56 Å². The first-order valence-electron chi connectivity index (χ1n) is 6.14. The molecule has 0 aliphatic heterocycles. The number of carbonyl (C=O) groups excluding carboxylic acids is 1. The van der Waals surface area contributed by atoms with Crippen LogP contribution in [0.15, 0.2) is 22.7 Å². The van der Waals surface area contributed by atoms with Crippen LogP contribution in [-0.2, 0) is 0 Å². The molecular formula is C13H16BrFN2O. The van der Waals surface area contributed by atoms with E-state index in [1.807, 2.05) is 0 Å². The molecule has 1 aliphatic rings. The van der Waals surface area contributed by atoms with E-state index in [9.17, 15) is 9.18 Å². The first-order chi connectivity index (χ1) is 8.68. The largest absolute Gasteiger partial charge is 0.352 e. The number of rotatable bonds is 6. The molecule has 0 atom stereocenters. The first-order valence-corrected chi connectivity index (χ1v) is 6.93. The molecule has 5 heteroatoms. The smallest absolute Gasteiger partial charge is 0.255 e. The Kier molecular flexibility index (Phi) is 4.72. The fourth-order valence-corrected chi connectivity index (χ4v) is 2.21. The summed E-state index contributed by atoms with van der Waals surface area (Å²) in [5, 5.41) is 6.08. The lowest BCUT2D eigenvalue weighted by atomic mass is 10.2. The van der Waals surface area contributed by atoms with Crippen LogP contribution in [0.2, 0.25) is 0 Å². The summed E-state index contributed by atoms with van der Waals surface area (Å²) in [6.07, 6.45) is 3.37. The zero-order valence-electron chi connectivity index (χ0n) is 10.0. The molecule has 1 fully saturated rings. The van der Waals surface area contributed by atoms with Crippen LogP contribution in [0.1, 0.15) is 29.6 Å². The van der Waals surface area contributed by atoms with E-state index in [0.717, 1.165) is 13.0 Å². The fourth-order valence-electron chi connectivity index (χ4n) is 1.69. The summed E-state index contributed by atoms with van der Waals surface area (Å²) in [7, 11) is 0. The van der Waals surface area contributed by atoms with Crippen molar-refractivity contribution in [3.05, 3.63) is 34.1 Å². The van der Waals surface area contributed by atoms with Gasteiger partial charge in [-0.3, -0.25) is 4.79 Å². The second-order valence-electron chi connectivity index (χ2n) is 4.43. The van der Waals surface area contributed by atoms with Crippen LogP contribution < -0.4 is 10.6 Å².